The highest BCUT2D eigenvalue weighted by molar-refractivity contribution is 5.37. The first-order chi connectivity index (χ1) is 5.93. The smallest absolute Gasteiger partial charge is 0.234 e. The van der Waals surface area contributed by atoms with Crippen molar-refractivity contribution in [1.82, 2.24) is 9.97 Å². The Balaban J connectivity index is 3.24. The Kier molecular flexibility index (Phi) is 2.36. The van der Waals surface area contributed by atoms with Crippen molar-refractivity contribution in [2.45, 2.75) is 13.1 Å². The summed E-state index contributed by atoms with van der Waals surface area (Å²) < 4.78 is 36.5. The molecule has 0 aromatic carbocycles. The van der Waals surface area contributed by atoms with Crippen LogP contribution in [-0.2, 0) is 6.18 Å². The van der Waals surface area contributed by atoms with Crippen LogP contribution in [-0.4, -0.2) is 9.97 Å². The van der Waals surface area contributed by atoms with E-state index in [1.54, 1.807) is 0 Å². The van der Waals surface area contributed by atoms with E-state index in [1.807, 2.05) is 0 Å². The molecule has 5 heteroatoms. The average molecular weight is 188 g/mol. The largest absolute Gasteiger partial charge is 0.433 e. The highest BCUT2D eigenvalue weighted by Crippen LogP contribution is 2.27. The molecule has 70 valence electrons. The fourth-order valence-electron chi connectivity index (χ4n) is 0.828. The summed E-state index contributed by atoms with van der Waals surface area (Å²) >= 11 is 0. The van der Waals surface area contributed by atoms with Crippen LogP contribution in [0.4, 0.5) is 13.2 Å². The van der Waals surface area contributed by atoms with Crippen LogP contribution in [0.1, 0.15) is 17.2 Å². The van der Waals surface area contributed by atoms with E-state index >= 15 is 0 Å². The Morgan fingerprint density at radius 2 is 2.00 bits per heavy atom. The highest BCUT2D eigenvalue weighted by atomic mass is 19.4. The van der Waals surface area contributed by atoms with Crippen molar-refractivity contribution in [3.8, 4) is 0 Å². The first-order valence-corrected chi connectivity index (χ1v) is 3.49. The molecule has 0 saturated heterocycles. The zero-order valence-electron chi connectivity index (χ0n) is 6.89. The molecule has 0 aliphatic rings. The highest BCUT2D eigenvalue weighted by Gasteiger charge is 2.32. The maximum absolute atomic E-state index is 12.2. The monoisotopic (exact) mass is 188 g/mol. The van der Waals surface area contributed by atoms with Crippen LogP contribution in [0.2, 0.25) is 0 Å². The zero-order chi connectivity index (χ0) is 10.1. The molecular weight excluding hydrogens is 181 g/mol. The molecule has 1 rings (SSSR count). The third kappa shape index (κ3) is 2.27. The van der Waals surface area contributed by atoms with Crippen molar-refractivity contribution in [3.05, 3.63) is 29.9 Å². The molecule has 2 nitrogen and oxygen atoms in total. The predicted octanol–water partition coefficient (Wildman–Crippen LogP) is 2.45. The van der Waals surface area contributed by atoms with Crippen LogP contribution in [0.15, 0.2) is 12.6 Å². The lowest BCUT2D eigenvalue weighted by Crippen LogP contribution is -2.10. The summed E-state index contributed by atoms with van der Waals surface area (Å²) in [5.74, 6) is -0.00711. The van der Waals surface area contributed by atoms with Crippen molar-refractivity contribution in [2.75, 3.05) is 0 Å². The van der Waals surface area contributed by atoms with Gasteiger partial charge >= 0.3 is 6.18 Å². The zero-order valence-corrected chi connectivity index (χ0v) is 6.89. The van der Waals surface area contributed by atoms with Gasteiger partial charge in [-0.2, -0.15) is 13.2 Å². The molecule has 0 spiro atoms. The Labute approximate surface area is 73.1 Å². The lowest BCUT2D eigenvalue weighted by molar-refractivity contribution is -0.141. The van der Waals surface area contributed by atoms with Crippen LogP contribution < -0.4 is 0 Å². The van der Waals surface area contributed by atoms with E-state index in [4.69, 9.17) is 0 Å². The predicted molar refractivity (Wildman–Crippen MR) is 41.9 cm³/mol. The number of rotatable bonds is 1. The Morgan fingerprint density at radius 1 is 1.38 bits per heavy atom. The van der Waals surface area contributed by atoms with Crippen molar-refractivity contribution in [1.29, 1.82) is 0 Å². The van der Waals surface area contributed by atoms with E-state index in [1.165, 1.54) is 13.0 Å². The van der Waals surface area contributed by atoms with Crippen LogP contribution >= 0.6 is 0 Å². The first-order valence-electron chi connectivity index (χ1n) is 3.49. The Bertz CT molecular complexity index is 331. The molecule has 1 aromatic heterocycles. The van der Waals surface area contributed by atoms with Crippen LogP contribution in [0.25, 0.3) is 6.08 Å². The number of alkyl halides is 3. The molecule has 0 fully saturated rings. The molecule has 0 atom stereocenters. The maximum Gasteiger partial charge on any atom is 0.433 e. The summed E-state index contributed by atoms with van der Waals surface area (Å²) in [7, 11) is 0. The van der Waals surface area contributed by atoms with E-state index < -0.39 is 11.9 Å². The molecule has 0 amide bonds. The molecule has 0 aliphatic heterocycles. The summed E-state index contributed by atoms with van der Waals surface area (Å²) in [4.78, 5) is 7.01. The van der Waals surface area contributed by atoms with Gasteiger partial charge in [-0.15, -0.1) is 0 Å². The fourth-order valence-corrected chi connectivity index (χ4v) is 0.828. The first kappa shape index (κ1) is 9.70. The SMILES string of the molecule is C=Cc1nc(C)cc(C(F)(F)F)n1. The molecule has 0 N–H and O–H groups in total. The van der Waals surface area contributed by atoms with Crippen molar-refractivity contribution >= 4 is 6.08 Å². The van der Waals surface area contributed by atoms with Crippen molar-refractivity contribution in [2.24, 2.45) is 0 Å². The summed E-state index contributed by atoms with van der Waals surface area (Å²) in [6.45, 7) is 4.78. The summed E-state index contributed by atoms with van der Waals surface area (Å²) in [5.41, 5.74) is -0.660. The lowest BCUT2D eigenvalue weighted by Gasteiger charge is -2.06. The Morgan fingerprint density at radius 3 is 2.46 bits per heavy atom. The van der Waals surface area contributed by atoms with Gasteiger partial charge in [0.1, 0.15) is 5.69 Å². The van der Waals surface area contributed by atoms with Crippen molar-refractivity contribution < 1.29 is 13.2 Å². The molecule has 0 unspecified atom stereocenters. The molecule has 0 radical (unpaired) electrons. The van der Waals surface area contributed by atoms with Gasteiger partial charge in [-0.3, -0.25) is 0 Å². The molecule has 13 heavy (non-hydrogen) atoms. The number of hydrogen-bond donors (Lipinski definition) is 0. The number of hydrogen-bond acceptors (Lipinski definition) is 2. The quantitative estimate of drug-likeness (QED) is 0.676. The third-order valence-electron chi connectivity index (χ3n) is 1.34. The minimum absolute atomic E-state index is 0.00711. The third-order valence-corrected chi connectivity index (χ3v) is 1.34. The van der Waals surface area contributed by atoms with Gasteiger partial charge in [0.2, 0.25) is 0 Å². The average Bonchev–Trinajstić information content (AvgIpc) is 2.01. The van der Waals surface area contributed by atoms with E-state index in [0.29, 0.717) is 0 Å². The maximum atomic E-state index is 12.2. The van der Waals surface area contributed by atoms with Gasteiger partial charge in [-0.1, -0.05) is 6.58 Å². The van der Waals surface area contributed by atoms with E-state index in [9.17, 15) is 13.2 Å². The van der Waals surface area contributed by atoms with Gasteiger partial charge in [0.15, 0.2) is 5.82 Å². The van der Waals surface area contributed by atoms with Crippen molar-refractivity contribution in [3.63, 3.8) is 0 Å². The number of nitrogens with zero attached hydrogens (tertiary/aromatic N) is 2. The second kappa shape index (κ2) is 3.16. The fraction of sp³-hybridized carbons (Fsp3) is 0.250. The summed E-state index contributed by atoms with van der Waals surface area (Å²) in [6.07, 6.45) is -3.24. The second-order valence-electron chi connectivity index (χ2n) is 2.45. The lowest BCUT2D eigenvalue weighted by atomic mass is 10.3. The minimum Gasteiger partial charge on any atom is -0.234 e. The van der Waals surface area contributed by atoms with Gasteiger partial charge in [-0.05, 0) is 19.1 Å². The van der Waals surface area contributed by atoms with Gasteiger partial charge in [0, 0.05) is 5.69 Å². The molecule has 1 aromatic rings. The molecule has 1 heterocycles. The minimum atomic E-state index is -4.43. The van der Waals surface area contributed by atoms with E-state index in [-0.39, 0.29) is 11.5 Å². The van der Waals surface area contributed by atoms with Gasteiger partial charge in [-0.25, -0.2) is 9.97 Å². The topological polar surface area (TPSA) is 25.8 Å². The summed E-state index contributed by atoms with van der Waals surface area (Å²) in [5, 5.41) is 0. The number of halogens is 3. The van der Waals surface area contributed by atoms with Gasteiger partial charge in [0.25, 0.3) is 0 Å². The van der Waals surface area contributed by atoms with Gasteiger partial charge < -0.3 is 0 Å². The number of aromatic nitrogens is 2. The summed E-state index contributed by atoms with van der Waals surface area (Å²) in [6, 6.07) is 0.896. The van der Waals surface area contributed by atoms with Crippen LogP contribution in [0.3, 0.4) is 0 Å². The van der Waals surface area contributed by atoms with Crippen LogP contribution in [0, 0.1) is 6.92 Å². The number of aryl methyl sites for hydroxylation is 1. The van der Waals surface area contributed by atoms with E-state index in [0.717, 1.165) is 6.07 Å². The molecule has 0 aliphatic carbocycles. The van der Waals surface area contributed by atoms with Crippen LogP contribution in [0.5, 0.6) is 0 Å². The van der Waals surface area contributed by atoms with E-state index in [2.05, 4.69) is 16.5 Å². The Hall–Kier alpha value is -1.39. The van der Waals surface area contributed by atoms with Gasteiger partial charge in [0.05, 0.1) is 0 Å². The molecular formula is C8H7F3N2. The standard InChI is InChI=1S/C8H7F3N2/c1-3-7-12-5(2)4-6(13-7)8(9,10)11/h3-4H,1H2,2H3. The normalized spacial score (nSPS) is 11.4. The second-order valence-corrected chi connectivity index (χ2v) is 2.45. The molecule has 0 bridgehead atoms. The molecule has 0 saturated carbocycles.